The van der Waals surface area contributed by atoms with E-state index in [0.29, 0.717) is 5.92 Å². The van der Waals surface area contributed by atoms with E-state index in [9.17, 15) is 4.79 Å². The first kappa shape index (κ1) is 15.7. The summed E-state index contributed by atoms with van der Waals surface area (Å²) in [7, 11) is 0. The lowest BCUT2D eigenvalue weighted by molar-refractivity contribution is -0.126. The minimum atomic E-state index is -0.00362. The molecule has 0 aromatic rings. The van der Waals surface area contributed by atoms with Crippen LogP contribution in [-0.4, -0.2) is 74.1 Å². The number of nitrogens with one attached hydrogen (secondary N) is 2. The first-order valence-electron chi connectivity index (χ1n) is 8.11. The molecule has 0 spiro atoms. The maximum atomic E-state index is 12.2. The summed E-state index contributed by atoms with van der Waals surface area (Å²) in [6.45, 7) is 12.5. The molecule has 0 bridgehead atoms. The number of likely N-dealkylation sites (tertiary alicyclic amines) is 1. The lowest BCUT2D eigenvalue weighted by Gasteiger charge is -2.32. The Labute approximate surface area is 123 Å². The highest BCUT2D eigenvalue weighted by molar-refractivity contribution is 5.81. The van der Waals surface area contributed by atoms with Crippen LogP contribution in [-0.2, 0) is 4.79 Å². The molecule has 20 heavy (non-hydrogen) atoms. The van der Waals surface area contributed by atoms with Crippen LogP contribution in [0.2, 0.25) is 0 Å². The van der Waals surface area contributed by atoms with Gasteiger partial charge in [0.15, 0.2) is 0 Å². The first-order chi connectivity index (χ1) is 9.66. The van der Waals surface area contributed by atoms with Crippen LogP contribution in [0.25, 0.3) is 0 Å². The second-order valence-corrected chi connectivity index (χ2v) is 6.32. The predicted molar refractivity (Wildman–Crippen MR) is 81.8 cm³/mol. The van der Waals surface area contributed by atoms with Crippen LogP contribution >= 0.6 is 0 Å². The highest BCUT2D eigenvalue weighted by Gasteiger charge is 2.23. The molecule has 2 atom stereocenters. The molecule has 0 saturated carbocycles. The molecule has 2 aliphatic heterocycles. The molecule has 0 aromatic heterocycles. The number of nitrogens with zero attached hydrogens (tertiary/aromatic N) is 2. The maximum absolute atomic E-state index is 12.2. The van der Waals surface area contributed by atoms with E-state index in [-0.39, 0.29) is 11.9 Å². The van der Waals surface area contributed by atoms with Gasteiger partial charge in [0, 0.05) is 39.3 Å². The van der Waals surface area contributed by atoms with E-state index in [0.717, 1.165) is 39.3 Å². The molecule has 5 heteroatoms. The molecule has 5 nitrogen and oxygen atoms in total. The van der Waals surface area contributed by atoms with Crippen LogP contribution in [0.5, 0.6) is 0 Å². The van der Waals surface area contributed by atoms with Crippen LogP contribution in [0.4, 0.5) is 0 Å². The second kappa shape index (κ2) is 7.96. The molecular weight excluding hydrogens is 252 g/mol. The summed E-state index contributed by atoms with van der Waals surface area (Å²) in [6.07, 6.45) is 2.66. The smallest absolute Gasteiger partial charge is 0.237 e. The Balaban J connectivity index is 1.65. The molecule has 0 radical (unpaired) electrons. The van der Waals surface area contributed by atoms with Gasteiger partial charge in [-0.3, -0.25) is 9.69 Å². The predicted octanol–water partition coefficient (Wildman–Crippen LogP) is 0.128. The number of amides is 1. The van der Waals surface area contributed by atoms with Crippen molar-refractivity contribution in [2.75, 3.05) is 52.4 Å². The largest absolute Gasteiger partial charge is 0.354 e. The van der Waals surface area contributed by atoms with Crippen LogP contribution in [0, 0.1) is 5.92 Å². The molecule has 0 aromatic carbocycles. The topological polar surface area (TPSA) is 47.6 Å². The van der Waals surface area contributed by atoms with Crippen molar-refractivity contribution in [2.24, 2.45) is 5.92 Å². The molecule has 2 saturated heterocycles. The standard InChI is InChI=1S/C15H30N4O/c1-13(12-18-7-3-4-8-18)11-17-15(20)14(2)19-9-5-16-6-10-19/h13-14,16H,3-12H2,1-2H3,(H,17,20). The van der Waals surface area contributed by atoms with Gasteiger partial charge in [-0.1, -0.05) is 6.92 Å². The summed E-state index contributed by atoms with van der Waals surface area (Å²) in [5, 5.41) is 6.45. The molecule has 2 fully saturated rings. The van der Waals surface area contributed by atoms with Gasteiger partial charge in [-0.2, -0.15) is 0 Å². The molecule has 116 valence electrons. The Morgan fingerprint density at radius 1 is 1.15 bits per heavy atom. The van der Waals surface area contributed by atoms with E-state index in [1.807, 2.05) is 6.92 Å². The van der Waals surface area contributed by atoms with Gasteiger partial charge in [-0.25, -0.2) is 0 Å². The van der Waals surface area contributed by atoms with Gasteiger partial charge in [0.1, 0.15) is 0 Å². The van der Waals surface area contributed by atoms with Gasteiger partial charge in [0.2, 0.25) is 5.91 Å². The van der Waals surface area contributed by atoms with Crippen LogP contribution in [0.1, 0.15) is 26.7 Å². The van der Waals surface area contributed by atoms with E-state index >= 15 is 0 Å². The van der Waals surface area contributed by atoms with Crippen molar-refractivity contribution in [3.8, 4) is 0 Å². The zero-order valence-electron chi connectivity index (χ0n) is 13.0. The van der Waals surface area contributed by atoms with Crippen molar-refractivity contribution >= 4 is 5.91 Å². The van der Waals surface area contributed by atoms with Crippen LogP contribution < -0.4 is 10.6 Å². The third kappa shape index (κ3) is 4.72. The van der Waals surface area contributed by atoms with Crippen molar-refractivity contribution < 1.29 is 4.79 Å². The normalized spacial score (nSPS) is 24.5. The minimum Gasteiger partial charge on any atom is -0.354 e. The lowest BCUT2D eigenvalue weighted by Crippen LogP contribution is -2.53. The Morgan fingerprint density at radius 2 is 1.80 bits per heavy atom. The summed E-state index contributed by atoms with van der Waals surface area (Å²) in [5.74, 6) is 0.715. The monoisotopic (exact) mass is 282 g/mol. The lowest BCUT2D eigenvalue weighted by atomic mass is 10.1. The van der Waals surface area contributed by atoms with Crippen LogP contribution in [0.15, 0.2) is 0 Å². The van der Waals surface area contributed by atoms with E-state index in [1.165, 1.54) is 25.9 Å². The summed E-state index contributed by atoms with van der Waals surface area (Å²) < 4.78 is 0. The summed E-state index contributed by atoms with van der Waals surface area (Å²) in [5.41, 5.74) is 0. The van der Waals surface area contributed by atoms with Gasteiger partial charge in [-0.15, -0.1) is 0 Å². The molecule has 2 aliphatic rings. The number of hydrogen-bond acceptors (Lipinski definition) is 4. The Bertz CT molecular complexity index is 298. The third-order valence-electron chi connectivity index (χ3n) is 4.47. The second-order valence-electron chi connectivity index (χ2n) is 6.32. The number of hydrogen-bond donors (Lipinski definition) is 2. The molecule has 1 amide bonds. The number of piperazine rings is 1. The SMILES string of the molecule is CC(CNC(=O)C(C)N1CCNCC1)CN1CCCC1. The molecule has 2 rings (SSSR count). The van der Waals surface area contributed by atoms with Gasteiger partial charge >= 0.3 is 0 Å². The fraction of sp³-hybridized carbons (Fsp3) is 0.933. The van der Waals surface area contributed by atoms with Gasteiger partial charge in [0.25, 0.3) is 0 Å². The van der Waals surface area contributed by atoms with E-state index in [2.05, 4.69) is 27.4 Å². The summed E-state index contributed by atoms with van der Waals surface area (Å²) in [6, 6.07) is -0.00362. The van der Waals surface area contributed by atoms with Gasteiger partial charge in [-0.05, 0) is 38.8 Å². The average Bonchev–Trinajstić information content (AvgIpc) is 2.97. The summed E-state index contributed by atoms with van der Waals surface area (Å²) in [4.78, 5) is 17.0. The van der Waals surface area contributed by atoms with Crippen molar-refractivity contribution in [3.63, 3.8) is 0 Å². The molecule has 0 aliphatic carbocycles. The van der Waals surface area contributed by atoms with Gasteiger partial charge in [0.05, 0.1) is 6.04 Å². The first-order valence-corrected chi connectivity index (χ1v) is 8.11. The van der Waals surface area contributed by atoms with E-state index < -0.39 is 0 Å². The number of rotatable bonds is 6. The number of carbonyl (C=O) groups is 1. The van der Waals surface area contributed by atoms with Crippen molar-refractivity contribution in [2.45, 2.75) is 32.7 Å². The Kier molecular flexibility index (Phi) is 6.26. The number of carbonyl (C=O) groups excluding carboxylic acids is 1. The van der Waals surface area contributed by atoms with Crippen molar-refractivity contribution in [1.82, 2.24) is 20.4 Å². The zero-order chi connectivity index (χ0) is 14.4. The third-order valence-corrected chi connectivity index (χ3v) is 4.47. The molecule has 2 N–H and O–H groups in total. The van der Waals surface area contributed by atoms with Crippen molar-refractivity contribution in [3.05, 3.63) is 0 Å². The zero-order valence-corrected chi connectivity index (χ0v) is 13.0. The molecular formula is C15H30N4O. The summed E-state index contributed by atoms with van der Waals surface area (Å²) >= 11 is 0. The highest BCUT2D eigenvalue weighted by atomic mass is 16.2. The minimum absolute atomic E-state index is 0.00362. The molecule has 2 unspecified atom stereocenters. The molecule has 2 heterocycles. The highest BCUT2D eigenvalue weighted by Crippen LogP contribution is 2.10. The fourth-order valence-electron chi connectivity index (χ4n) is 3.13. The Hall–Kier alpha value is -0.650. The van der Waals surface area contributed by atoms with Crippen molar-refractivity contribution in [1.29, 1.82) is 0 Å². The Morgan fingerprint density at radius 3 is 2.45 bits per heavy atom. The maximum Gasteiger partial charge on any atom is 0.237 e. The quantitative estimate of drug-likeness (QED) is 0.727. The van der Waals surface area contributed by atoms with E-state index in [4.69, 9.17) is 0 Å². The van der Waals surface area contributed by atoms with E-state index in [1.54, 1.807) is 0 Å². The van der Waals surface area contributed by atoms with Crippen LogP contribution in [0.3, 0.4) is 0 Å². The van der Waals surface area contributed by atoms with Gasteiger partial charge < -0.3 is 15.5 Å². The fourth-order valence-corrected chi connectivity index (χ4v) is 3.13. The average molecular weight is 282 g/mol.